The van der Waals surface area contributed by atoms with Crippen molar-refractivity contribution in [2.45, 2.75) is 46.3 Å². The molecular weight excluding hydrogens is 328 g/mol. The lowest BCUT2D eigenvalue weighted by Crippen LogP contribution is -2.23. The average molecular weight is 356 g/mol. The van der Waals surface area contributed by atoms with Gasteiger partial charge in [-0.1, -0.05) is 26.0 Å². The van der Waals surface area contributed by atoms with Gasteiger partial charge in [-0.3, -0.25) is 0 Å². The largest absolute Gasteiger partial charge is 0.494 e. The van der Waals surface area contributed by atoms with Gasteiger partial charge in [0.1, 0.15) is 36.9 Å². The van der Waals surface area contributed by atoms with Gasteiger partial charge < -0.3 is 18.9 Å². The lowest BCUT2D eigenvalue weighted by atomic mass is 9.76. The van der Waals surface area contributed by atoms with Gasteiger partial charge in [-0.2, -0.15) is 0 Å². The first-order valence-electron chi connectivity index (χ1n) is 9.44. The summed E-state index contributed by atoms with van der Waals surface area (Å²) in [4.78, 5) is 0. The number of allylic oxidation sites excluding steroid dienone is 4. The van der Waals surface area contributed by atoms with Crippen LogP contribution in [0.15, 0.2) is 35.6 Å². The molecule has 4 nitrogen and oxygen atoms in total. The van der Waals surface area contributed by atoms with Crippen molar-refractivity contribution in [2.75, 3.05) is 26.4 Å². The Morgan fingerprint density at radius 1 is 1.04 bits per heavy atom. The van der Waals surface area contributed by atoms with E-state index >= 15 is 0 Å². The van der Waals surface area contributed by atoms with Crippen LogP contribution in [-0.4, -0.2) is 38.6 Å². The van der Waals surface area contributed by atoms with Gasteiger partial charge in [-0.15, -0.1) is 0 Å². The molecular formula is C22H28O4. The Balaban J connectivity index is 1.52. The molecule has 4 rings (SSSR count). The second kappa shape index (κ2) is 6.75. The summed E-state index contributed by atoms with van der Waals surface area (Å²) in [7, 11) is 0. The molecule has 140 valence electrons. The standard InChI is InChI=1S/C22H28O4/c1-14-7-16(5-6-20(14)25-12-18-10-23-18)17-8-15(2)21(22(3,4)9-17)26-13-19-11-24-19/h5-8,18-19H,9-13H2,1-4H3. The van der Waals surface area contributed by atoms with Crippen molar-refractivity contribution in [2.24, 2.45) is 5.41 Å². The normalized spacial score (nSPS) is 26.4. The molecule has 4 heteroatoms. The molecule has 0 spiro atoms. The summed E-state index contributed by atoms with van der Waals surface area (Å²) in [5, 5.41) is 0. The van der Waals surface area contributed by atoms with Crippen LogP contribution in [0.3, 0.4) is 0 Å². The first-order valence-corrected chi connectivity index (χ1v) is 9.44. The molecule has 26 heavy (non-hydrogen) atoms. The summed E-state index contributed by atoms with van der Waals surface area (Å²) < 4.78 is 22.4. The second-order valence-electron chi connectivity index (χ2n) is 8.26. The van der Waals surface area contributed by atoms with Gasteiger partial charge in [0.25, 0.3) is 0 Å². The van der Waals surface area contributed by atoms with Gasteiger partial charge in [-0.05, 0) is 54.7 Å². The molecule has 0 saturated carbocycles. The Kier molecular flexibility index (Phi) is 4.57. The molecule has 1 aliphatic carbocycles. The van der Waals surface area contributed by atoms with Crippen LogP contribution in [0.1, 0.15) is 38.3 Å². The molecule has 2 fully saturated rings. The molecule has 0 bridgehead atoms. The first kappa shape index (κ1) is 17.6. The second-order valence-corrected chi connectivity index (χ2v) is 8.26. The summed E-state index contributed by atoms with van der Waals surface area (Å²) in [6, 6.07) is 6.47. The third kappa shape index (κ3) is 3.97. The Labute approximate surface area is 155 Å². The fourth-order valence-electron chi connectivity index (χ4n) is 3.66. The SMILES string of the molecule is CC1=C(OCC2CO2)C(C)(C)CC(c2ccc(OCC3CO3)c(C)c2)=C1. The van der Waals surface area contributed by atoms with Crippen molar-refractivity contribution in [1.82, 2.24) is 0 Å². The summed E-state index contributed by atoms with van der Waals surface area (Å²) in [6.45, 7) is 11.7. The van der Waals surface area contributed by atoms with Gasteiger partial charge in [0.15, 0.2) is 0 Å². The molecule has 1 aromatic carbocycles. The Hall–Kier alpha value is -1.78. The molecule has 1 aromatic rings. The molecule has 0 radical (unpaired) electrons. The highest BCUT2D eigenvalue weighted by atomic mass is 16.6. The van der Waals surface area contributed by atoms with Crippen LogP contribution in [-0.2, 0) is 14.2 Å². The number of hydrogen-bond acceptors (Lipinski definition) is 4. The van der Waals surface area contributed by atoms with Crippen LogP contribution < -0.4 is 4.74 Å². The van der Waals surface area contributed by atoms with E-state index in [1.165, 1.54) is 16.7 Å². The quantitative estimate of drug-likeness (QED) is 0.684. The maximum Gasteiger partial charge on any atom is 0.122 e. The number of rotatable bonds is 7. The predicted molar refractivity (Wildman–Crippen MR) is 101 cm³/mol. The molecule has 3 aliphatic rings. The van der Waals surface area contributed by atoms with E-state index in [1.807, 2.05) is 0 Å². The molecule has 2 aliphatic heterocycles. The lowest BCUT2D eigenvalue weighted by Gasteiger charge is -2.34. The Morgan fingerprint density at radius 3 is 2.27 bits per heavy atom. The molecule has 0 N–H and O–H groups in total. The van der Waals surface area contributed by atoms with E-state index in [2.05, 4.69) is 52.0 Å². The van der Waals surface area contributed by atoms with Crippen molar-refractivity contribution in [1.29, 1.82) is 0 Å². The first-order chi connectivity index (χ1) is 12.4. The molecule has 2 atom stereocenters. The van der Waals surface area contributed by atoms with Gasteiger partial charge in [0.2, 0.25) is 0 Å². The van der Waals surface area contributed by atoms with E-state index in [0.717, 1.165) is 36.7 Å². The minimum Gasteiger partial charge on any atom is -0.494 e. The van der Waals surface area contributed by atoms with E-state index in [1.54, 1.807) is 0 Å². The molecule has 2 saturated heterocycles. The monoisotopic (exact) mass is 356 g/mol. The van der Waals surface area contributed by atoms with Crippen LogP contribution in [0.2, 0.25) is 0 Å². The fourth-order valence-corrected chi connectivity index (χ4v) is 3.66. The van der Waals surface area contributed by atoms with E-state index in [-0.39, 0.29) is 17.6 Å². The highest BCUT2D eigenvalue weighted by molar-refractivity contribution is 5.72. The summed E-state index contributed by atoms with van der Waals surface area (Å²) in [6.07, 6.45) is 3.79. The minimum absolute atomic E-state index is 0.0184. The van der Waals surface area contributed by atoms with Crippen LogP contribution >= 0.6 is 0 Å². The third-order valence-electron chi connectivity index (χ3n) is 5.18. The van der Waals surface area contributed by atoms with Crippen LogP contribution in [0, 0.1) is 12.3 Å². The highest BCUT2D eigenvalue weighted by Crippen LogP contribution is 2.44. The maximum atomic E-state index is 6.10. The van der Waals surface area contributed by atoms with Crippen LogP contribution in [0.25, 0.3) is 5.57 Å². The molecule has 2 heterocycles. The van der Waals surface area contributed by atoms with Crippen LogP contribution in [0.5, 0.6) is 5.75 Å². The van der Waals surface area contributed by atoms with Gasteiger partial charge in [0, 0.05) is 5.41 Å². The van der Waals surface area contributed by atoms with Crippen LogP contribution in [0.4, 0.5) is 0 Å². The maximum absolute atomic E-state index is 6.10. The molecule has 2 unspecified atom stereocenters. The van der Waals surface area contributed by atoms with Crippen molar-refractivity contribution < 1.29 is 18.9 Å². The molecule has 0 aromatic heterocycles. The fraction of sp³-hybridized carbons (Fsp3) is 0.545. The van der Waals surface area contributed by atoms with E-state index in [4.69, 9.17) is 18.9 Å². The number of benzene rings is 1. The zero-order chi connectivity index (χ0) is 18.3. The van der Waals surface area contributed by atoms with Crippen molar-refractivity contribution in [3.05, 3.63) is 46.7 Å². The summed E-state index contributed by atoms with van der Waals surface area (Å²) >= 11 is 0. The van der Waals surface area contributed by atoms with Gasteiger partial charge >= 0.3 is 0 Å². The van der Waals surface area contributed by atoms with Gasteiger partial charge in [-0.25, -0.2) is 0 Å². The summed E-state index contributed by atoms with van der Waals surface area (Å²) in [5.74, 6) is 2.04. The number of ether oxygens (including phenoxy) is 4. The third-order valence-corrected chi connectivity index (χ3v) is 5.18. The predicted octanol–water partition coefficient (Wildman–Crippen LogP) is 4.28. The smallest absolute Gasteiger partial charge is 0.122 e. The Bertz CT molecular complexity index is 751. The lowest BCUT2D eigenvalue weighted by molar-refractivity contribution is 0.125. The Morgan fingerprint density at radius 2 is 1.69 bits per heavy atom. The van der Waals surface area contributed by atoms with E-state index in [9.17, 15) is 0 Å². The minimum atomic E-state index is -0.0184. The topological polar surface area (TPSA) is 43.5 Å². The van der Waals surface area contributed by atoms with Crippen molar-refractivity contribution >= 4 is 5.57 Å². The molecule has 0 amide bonds. The van der Waals surface area contributed by atoms with Crippen molar-refractivity contribution in [3.63, 3.8) is 0 Å². The zero-order valence-corrected chi connectivity index (χ0v) is 16.1. The highest BCUT2D eigenvalue weighted by Gasteiger charge is 2.34. The average Bonchev–Trinajstić information content (AvgIpc) is 3.46. The summed E-state index contributed by atoms with van der Waals surface area (Å²) in [5.41, 5.74) is 4.96. The number of hydrogen-bond donors (Lipinski definition) is 0. The van der Waals surface area contributed by atoms with E-state index in [0.29, 0.717) is 13.2 Å². The zero-order valence-electron chi connectivity index (χ0n) is 16.1. The number of aryl methyl sites for hydroxylation is 1. The van der Waals surface area contributed by atoms with Gasteiger partial charge in [0.05, 0.1) is 13.2 Å². The van der Waals surface area contributed by atoms with E-state index < -0.39 is 0 Å². The van der Waals surface area contributed by atoms with Crippen molar-refractivity contribution in [3.8, 4) is 5.75 Å². The number of epoxide rings is 2.